The molecule has 8 heteroatoms. The molecule has 2 aliphatic rings. The van der Waals surface area contributed by atoms with Gasteiger partial charge in [-0.1, -0.05) is 24.6 Å². The fourth-order valence-corrected chi connectivity index (χ4v) is 4.61. The number of nitrogens with zero attached hydrogens (tertiary/aromatic N) is 3. The summed E-state index contributed by atoms with van der Waals surface area (Å²) in [5, 5.41) is 6.87. The largest absolute Gasteiger partial charge is 0.434 e. The van der Waals surface area contributed by atoms with Crippen LogP contribution in [0.3, 0.4) is 0 Å². The van der Waals surface area contributed by atoms with Crippen LogP contribution >= 0.6 is 0 Å². The van der Waals surface area contributed by atoms with Crippen molar-refractivity contribution >= 4 is 5.96 Å². The first-order valence-electron chi connectivity index (χ1n) is 11.5. The Hall–Kier alpha value is -1.93. The number of para-hydroxylation sites is 1. The van der Waals surface area contributed by atoms with Crippen LogP contribution in [0.1, 0.15) is 44.6 Å². The Morgan fingerprint density at radius 2 is 1.81 bits per heavy atom. The predicted molar refractivity (Wildman–Crippen MR) is 121 cm³/mol. The van der Waals surface area contributed by atoms with E-state index < -0.39 is 6.61 Å². The minimum absolute atomic E-state index is 0.139. The molecule has 31 heavy (non-hydrogen) atoms. The van der Waals surface area contributed by atoms with Crippen LogP contribution in [0.4, 0.5) is 8.78 Å². The highest BCUT2D eigenvalue weighted by Gasteiger charge is 2.39. The number of guanidine groups is 1. The van der Waals surface area contributed by atoms with E-state index in [1.807, 2.05) is 13.0 Å². The predicted octanol–water partition coefficient (Wildman–Crippen LogP) is 3.29. The summed E-state index contributed by atoms with van der Waals surface area (Å²) >= 11 is 0. The molecule has 2 aliphatic heterocycles. The Balaban J connectivity index is 1.69. The highest BCUT2D eigenvalue weighted by atomic mass is 19.3. The highest BCUT2D eigenvalue weighted by molar-refractivity contribution is 5.79. The third kappa shape index (κ3) is 6.77. The fraction of sp³-hybridized carbons (Fsp3) is 0.696. The monoisotopic (exact) mass is 437 g/mol. The Morgan fingerprint density at radius 3 is 2.48 bits per heavy atom. The maximum absolute atomic E-state index is 12.7. The van der Waals surface area contributed by atoms with Crippen LogP contribution in [-0.2, 0) is 6.54 Å². The van der Waals surface area contributed by atoms with E-state index in [9.17, 15) is 8.78 Å². The molecule has 0 radical (unpaired) electrons. The van der Waals surface area contributed by atoms with Crippen molar-refractivity contribution in [1.82, 2.24) is 20.4 Å². The van der Waals surface area contributed by atoms with Crippen molar-refractivity contribution in [2.75, 3.05) is 46.3 Å². The summed E-state index contributed by atoms with van der Waals surface area (Å²) in [7, 11) is 2.19. The molecule has 0 atom stereocenters. The number of piperidine rings is 2. The number of alkyl halides is 2. The van der Waals surface area contributed by atoms with Crippen LogP contribution in [0.25, 0.3) is 0 Å². The van der Waals surface area contributed by atoms with Gasteiger partial charge in [0.15, 0.2) is 5.96 Å². The molecule has 0 bridgehead atoms. The number of likely N-dealkylation sites (tertiary alicyclic amines) is 2. The topological polar surface area (TPSA) is 52.1 Å². The first-order valence-corrected chi connectivity index (χ1v) is 11.5. The molecular weight excluding hydrogens is 400 g/mol. The molecular formula is C23H37F2N5O. The molecule has 2 N–H and O–H groups in total. The van der Waals surface area contributed by atoms with E-state index in [4.69, 9.17) is 0 Å². The number of aliphatic imine (C=N–C) groups is 1. The number of nitrogens with one attached hydrogen (secondary N) is 2. The minimum Gasteiger partial charge on any atom is -0.434 e. The minimum atomic E-state index is -2.84. The van der Waals surface area contributed by atoms with Crippen LogP contribution in [0, 0.1) is 0 Å². The summed E-state index contributed by atoms with van der Waals surface area (Å²) in [5.41, 5.74) is 0.782. The molecule has 174 valence electrons. The SMILES string of the molecule is CCNC(=NCc1ccccc1OC(F)F)NCC1(N2CCCCC2)CCN(C)CC1. The van der Waals surface area contributed by atoms with Crippen molar-refractivity contribution in [2.24, 2.45) is 4.99 Å². The zero-order valence-corrected chi connectivity index (χ0v) is 18.9. The summed E-state index contributed by atoms with van der Waals surface area (Å²) in [5.74, 6) is 0.891. The lowest BCUT2D eigenvalue weighted by atomic mass is 9.84. The van der Waals surface area contributed by atoms with Gasteiger partial charge in [-0.25, -0.2) is 4.99 Å². The first kappa shape index (κ1) is 23.7. The van der Waals surface area contributed by atoms with Crippen molar-refractivity contribution in [3.8, 4) is 5.75 Å². The number of benzene rings is 1. The van der Waals surface area contributed by atoms with Crippen LogP contribution in [0.5, 0.6) is 5.75 Å². The molecule has 0 amide bonds. The Bertz CT molecular complexity index is 701. The van der Waals surface area contributed by atoms with Gasteiger partial charge in [-0.2, -0.15) is 8.78 Å². The van der Waals surface area contributed by atoms with E-state index in [2.05, 4.69) is 37.2 Å². The Labute approximate surface area is 185 Å². The van der Waals surface area contributed by atoms with Crippen molar-refractivity contribution in [2.45, 2.75) is 57.7 Å². The zero-order valence-electron chi connectivity index (χ0n) is 18.9. The molecule has 0 aromatic heterocycles. The lowest BCUT2D eigenvalue weighted by Crippen LogP contribution is -2.62. The Kier molecular flexibility index (Phi) is 8.90. The molecule has 2 saturated heterocycles. The number of halogens is 2. The molecule has 1 aromatic carbocycles. The van der Waals surface area contributed by atoms with E-state index in [0.29, 0.717) is 11.5 Å². The standard InChI is InChI=1S/C23H37F2N5O/c1-3-26-22(27-17-19-9-5-6-10-20(19)31-21(24)25)28-18-23(11-15-29(2)16-12-23)30-13-7-4-8-14-30/h5-6,9-10,21H,3-4,7-8,11-18H2,1-2H3,(H2,26,27,28). The van der Waals surface area contributed by atoms with E-state index in [-0.39, 0.29) is 17.8 Å². The third-order valence-electron chi connectivity index (χ3n) is 6.47. The number of hydrogen-bond acceptors (Lipinski definition) is 4. The molecule has 3 rings (SSSR count). The summed E-state index contributed by atoms with van der Waals surface area (Å²) in [6.45, 7) is 5.56. The molecule has 0 aliphatic carbocycles. The average molecular weight is 438 g/mol. The molecule has 0 spiro atoms. The normalized spacial score (nSPS) is 20.6. The van der Waals surface area contributed by atoms with E-state index in [1.54, 1.807) is 18.2 Å². The van der Waals surface area contributed by atoms with Crippen molar-refractivity contribution < 1.29 is 13.5 Å². The molecule has 0 saturated carbocycles. The first-order chi connectivity index (χ1) is 15.0. The van der Waals surface area contributed by atoms with Gasteiger partial charge < -0.3 is 20.3 Å². The zero-order chi connectivity index (χ0) is 22.1. The summed E-state index contributed by atoms with van der Waals surface area (Å²) in [6.07, 6.45) is 6.14. The van der Waals surface area contributed by atoms with E-state index in [0.717, 1.165) is 52.1 Å². The number of ether oxygens (including phenoxy) is 1. The van der Waals surface area contributed by atoms with Crippen molar-refractivity contribution in [3.63, 3.8) is 0 Å². The maximum Gasteiger partial charge on any atom is 0.387 e. The summed E-state index contributed by atoms with van der Waals surface area (Å²) in [4.78, 5) is 9.76. The van der Waals surface area contributed by atoms with E-state index in [1.165, 1.54) is 19.3 Å². The summed E-state index contributed by atoms with van der Waals surface area (Å²) in [6, 6.07) is 6.84. The van der Waals surface area contributed by atoms with Crippen molar-refractivity contribution in [3.05, 3.63) is 29.8 Å². The van der Waals surface area contributed by atoms with Gasteiger partial charge in [0, 0.05) is 24.2 Å². The average Bonchev–Trinajstić information content (AvgIpc) is 2.78. The molecule has 6 nitrogen and oxygen atoms in total. The Morgan fingerprint density at radius 1 is 1.10 bits per heavy atom. The maximum atomic E-state index is 12.7. The smallest absolute Gasteiger partial charge is 0.387 e. The summed E-state index contributed by atoms with van der Waals surface area (Å²) < 4.78 is 30.0. The quantitative estimate of drug-likeness (QED) is 0.483. The lowest BCUT2D eigenvalue weighted by molar-refractivity contribution is -0.0504. The van der Waals surface area contributed by atoms with Crippen LogP contribution in [-0.4, -0.2) is 74.2 Å². The van der Waals surface area contributed by atoms with E-state index >= 15 is 0 Å². The van der Waals surface area contributed by atoms with Gasteiger partial charge in [-0.05, 0) is 71.9 Å². The lowest BCUT2D eigenvalue weighted by Gasteiger charge is -2.50. The van der Waals surface area contributed by atoms with Crippen LogP contribution in [0.15, 0.2) is 29.3 Å². The van der Waals surface area contributed by atoms with Gasteiger partial charge in [0.2, 0.25) is 0 Å². The molecule has 2 heterocycles. The van der Waals surface area contributed by atoms with Gasteiger partial charge in [0.1, 0.15) is 5.75 Å². The molecule has 0 unspecified atom stereocenters. The van der Waals surface area contributed by atoms with Gasteiger partial charge in [-0.3, -0.25) is 4.90 Å². The second-order valence-corrected chi connectivity index (χ2v) is 8.61. The number of hydrogen-bond donors (Lipinski definition) is 2. The molecule has 2 fully saturated rings. The van der Waals surface area contributed by atoms with Gasteiger partial charge in [-0.15, -0.1) is 0 Å². The van der Waals surface area contributed by atoms with Crippen molar-refractivity contribution in [1.29, 1.82) is 0 Å². The van der Waals surface area contributed by atoms with Crippen LogP contribution in [0.2, 0.25) is 0 Å². The highest BCUT2D eigenvalue weighted by Crippen LogP contribution is 2.31. The fourth-order valence-electron chi connectivity index (χ4n) is 4.61. The number of rotatable bonds is 8. The molecule has 1 aromatic rings. The second kappa shape index (κ2) is 11.6. The van der Waals surface area contributed by atoms with Gasteiger partial charge in [0.25, 0.3) is 0 Å². The van der Waals surface area contributed by atoms with Gasteiger partial charge in [0.05, 0.1) is 6.54 Å². The van der Waals surface area contributed by atoms with Gasteiger partial charge >= 0.3 is 6.61 Å². The second-order valence-electron chi connectivity index (χ2n) is 8.61. The third-order valence-corrected chi connectivity index (χ3v) is 6.47. The van der Waals surface area contributed by atoms with Crippen LogP contribution < -0.4 is 15.4 Å².